The molecule has 0 heterocycles. The molecular weight excluding hydrogens is 348 g/mol. The Morgan fingerprint density at radius 2 is 2.04 bits per heavy atom. The standard InChI is InChI=1S/C19H18N4O4/c1-27-18-11-16(23(25)26)7-8-17(18)22-13-15(12-20)19(24)21-10-9-14-5-3-2-4-6-14/h2-8,11,13,22H,9-10H2,1H3,(H,21,24)/b15-13-. The number of carbonyl (C=O) groups is 1. The van der Waals surface area contributed by atoms with E-state index in [0.29, 0.717) is 18.7 Å². The molecule has 0 atom stereocenters. The molecule has 2 aromatic carbocycles. The molecule has 0 saturated carbocycles. The van der Waals surface area contributed by atoms with Gasteiger partial charge in [-0.1, -0.05) is 30.3 Å². The number of nitro groups is 1. The minimum absolute atomic E-state index is 0.122. The summed E-state index contributed by atoms with van der Waals surface area (Å²) in [7, 11) is 1.37. The highest BCUT2D eigenvalue weighted by Crippen LogP contribution is 2.29. The monoisotopic (exact) mass is 366 g/mol. The summed E-state index contributed by atoms with van der Waals surface area (Å²) in [5.41, 5.74) is 1.23. The minimum atomic E-state index is -0.539. The van der Waals surface area contributed by atoms with Crippen LogP contribution in [0.15, 0.2) is 60.3 Å². The number of non-ortho nitro benzene ring substituents is 1. The summed E-state index contributed by atoms with van der Waals surface area (Å²) in [5.74, 6) is -0.288. The van der Waals surface area contributed by atoms with Crippen LogP contribution in [-0.4, -0.2) is 24.5 Å². The van der Waals surface area contributed by atoms with Crippen molar-refractivity contribution in [3.63, 3.8) is 0 Å². The fourth-order valence-corrected chi connectivity index (χ4v) is 2.27. The lowest BCUT2D eigenvalue weighted by Crippen LogP contribution is -2.27. The molecule has 8 nitrogen and oxygen atoms in total. The molecule has 0 radical (unpaired) electrons. The van der Waals surface area contributed by atoms with Crippen molar-refractivity contribution in [2.75, 3.05) is 19.0 Å². The van der Waals surface area contributed by atoms with Gasteiger partial charge in [-0.15, -0.1) is 0 Å². The summed E-state index contributed by atoms with van der Waals surface area (Å²) in [5, 5.41) is 25.5. The lowest BCUT2D eigenvalue weighted by molar-refractivity contribution is -0.384. The lowest BCUT2D eigenvalue weighted by Gasteiger charge is -2.09. The Hall–Kier alpha value is -3.86. The number of hydrogen-bond acceptors (Lipinski definition) is 6. The number of nitrogens with zero attached hydrogens (tertiary/aromatic N) is 2. The molecule has 2 N–H and O–H groups in total. The van der Waals surface area contributed by atoms with Gasteiger partial charge in [0.15, 0.2) is 0 Å². The van der Waals surface area contributed by atoms with Gasteiger partial charge in [0.05, 0.1) is 23.8 Å². The van der Waals surface area contributed by atoms with Crippen molar-refractivity contribution < 1.29 is 14.5 Å². The predicted molar refractivity (Wildman–Crippen MR) is 100 cm³/mol. The number of ether oxygens (including phenoxy) is 1. The largest absolute Gasteiger partial charge is 0.494 e. The first-order valence-electron chi connectivity index (χ1n) is 8.06. The number of nitriles is 1. The number of anilines is 1. The van der Waals surface area contributed by atoms with E-state index < -0.39 is 10.8 Å². The maximum Gasteiger partial charge on any atom is 0.273 e. The van der Waals surface area contributed by atoms with E-state index in [2.05, 4.69) is 10.6 Å². The molecule has 0 fully saturated rings. The predicted octanol–water partition coefficient (Wildman–Crippen LogP) is 2.78. The molecule has 2 rings (SSSR count). The van der Waals surface area contributed by atoms with Gasteiger partial charge in [-0.25, -0.2) is 0 Å². The molecule has 138 valence electrons. The Balaban J connectivity index is 2.00. The van der Waals surface area contributed by atoms with E-state index in [1.807, 2.05) is 36.4 Å². The van der Waals surface area contributed by atoms with Crippen LogP contribution < -0.4 is 15.4 Å². The fourth-order valence-electron chi connectivity index (χ4n) is 2.27. The van der Waals surface area contributed by atoms with Gasteiger partial charge in [0.2, 0.25) is 0 Å². The Morgan fingerprint density at radius 3 is 2.67 bits per heavy atom. The van der Waals surface area contributed by atoms with Crippen LogP contribution in [0.2, 0.25) is 0 Å². The summed E-state index contributed by atoms with van der Waals surface area (Å²) in [6.07, 6.45) is 1.89. The molecule has 0 aliphatic rings. The van der Waals surface area contributed by atoms with E-state index in [0.717, 1.165) is 5.56 Å². The van der Waals surface area contributed by atoms with Crippen LogP contribution in [0.5, 0.6) is 5.75 Å². The van der Waals surface area contributed by atoms with Crippen LogP contribution in [0.25, 0.3) is 0 Å². The molecule has 2 aromatic rings. The number of carbonyl (C=O) groups excluding carboxylic acids is 1. The maximum atomic E-state index is 12.1. The number of rotatable bonds is 8. The van der Waals surface area contributed by atoms with Gasteiger partial charge in [0, 0.05) is 18.8 Å². The number of benzene rings is 2. The SMILES string of the molecule is COc1cc([N+](=O)[O-])ccc1N/C=C(/C#N)C(=O)NCCc1ccccc1. The molecule has 0 aliphatic heterocycles. The second-order valence-corrected chi connectivity index (χ2v) is 5.45. The van der Waals surface area contributed by atoms with Crippen LogP contribution in [-0.2, 0) is 11.2 Å². The highest BCUT2D eigenvalue weighted by atomic mass is 16.6. The zero-order chi connectivity index (χ0) is 19.6. The number of methoxy groups -OCH3 is 1. The van der Waals surface area contributed by atoms with Crippen molar-refractivity contribution in [1.82, 2.24) is 5.32 Å². The number of amides is 1. The van der Waals surface area contributed by atoms with Crippen molar-refractivity contribution in [3.8, 4) is 11.8 Å². The summed E-state index contributed by atoms with van der Waals surface area (Å²) in [4.78, 5) is 22.4. The summed E-state index contributed by atoms with van der Waals surface area (Å²) >= 11 is 0. The first kappa shape index (κ1) is 19.5. The quantitative estimate of drug-likeness (QED) is 0.321. The number of nitro benzene ring substituents is 1. The van der Waals surface area contributed by atoms with Crippen LogP contribution >= 0.6 is 0 Å². The average molecular weight is 366 g/mol. The molecule has 1 amide bonds. The zero-order valence-electron chi connectivity index (χ0n) is 14.6. The van der Waals surface area contributed by atoms with Crippen LogP contribution in [0.1, 0.15) is 5.56 Å². The maximum absolute atomic E-state index is 12.1. The van der Waals surface area contributed by atoms with Gasteiger partial charge in [-0.05, 0) is 18.1 Å². The number of nitrogens with one attached hydrogen (secondary N) is 2. The molecule has 27 heavy (non-hydrogen) atoms. The minimum Gasteiger partial charge on any atom is -0.494 e. The van der Waals surface area contributed by atoms with Crippen molar-refractivity contribution in [2.45, 2.75) is 6.42 Å². The van der Waals surface area contributed by atoms with Crippen molar-refractivity contribution in [3.05, 3.63) is 76.0 Å². The summed E-state index contributed by atoms with van der Waals surface area (Å²) in [6.45, 7) is 0.392. The fraction of sp³-hybridized carbons (Fsp3) is 0.158. The van der Waals surface area contributed by atoms with Crippen LogP contribution in [0.4, 0.5) is 11.4 Å². The van der Waals surface area contributed by atoms with E-state index in [4.69, 9.17) is 4.74 Å². The Bertz CT molecular complexity index is 888. The third-order valence-corrected chi connectivity index (χ3v) is 3.68. The lowest BCUT2D eigenvalue weighted by atomic mass is 10.1. The Kier molecular flexibility index (Phi) is 6.91. The number of hydrogen-bond donors (Lipinski definition) is 2. The van der Waals surface area contributed by atoms with Gasteiger partial charge in [-0.3, -0.25) is 14.9 Å². The second kappa shape index (κ2) is 9.58. The average Bonchev–Trinajstić information content (AvgIpc) is 2.69. The van der Waals surface area contributed by atoms with E-state index in [1.165, 1.54) is 31.5 Å². The van der Waals surface area contributed by atoms with E-state index >= 15 is 0 Å². The first-order chi connectivity index (χ1) is 13.0. The molecule has 0 spiro atoms. The van der Waals surface area contributed by atoms with Gasteiger partial charge in [0.25, 0.3) is 11.6 Å². The second-order valence-electron chi connectivity index (χ2n) is 5.45. The molecule has 0 aromatic heterocycles. The van der Waals surface area contributed by atoms with Gasteiger partial charge in [0.1, 0.15) is 17.4 Å². The Morgan fingerprint density at radius 1 is 1.30 bits per heavy atom. The summed E-state index contributed by atoms with van der Waals surface area (Å²) < 4.78 is 5.10. The first-order valence-corrected chi connectivity index (χ1v) is 8.06. The highest BCUT2D eigenvalue weighted by Gasteiger charge is 2.12. The molecule has 0 unspecified atom stereocenters. The van der Waals surface area contributed by atoms with Gasteiger partial charge >= 0.3 is 0 Å². The third kappa shape index (κ3) is 5.57. The molecule has 0 aliphatic carbocycles. The van der Waals surface area contributed by atoms with Crippen molar-refractivity contribution in [1.29, 1.82) is 5.26 Å². The smallest absolute Gasteiger partial charge is 0.273 e. The molecule has 8 heteroatoms. The van der Waals surface area contributed by atoms with Crippen molar-refractivity contribution in [2.24, 2.45) is 0 Å². The van der Waals surface area contributed by atoms with E-state index in [-0.39, 0.29) is 17.0 Å². The van der Waals surface area contributed by atoms with Crippen molar-refractivity contribution >= 4 is 17.3 Å². The van der Waals surface area contributed by atoms with E-state index in [9.17, 15) is 20.2 Å². The van der Waals surface area contributed by atoms with Gasteiger partial charge < -0.3 is 15.4 Å². The normalized spacial score (nSPS) is 10.6. The molecule has 0 saturated heterocycles. The van der Waals surface area contributed by atoms with Crippen LogP contribution in [0, 0.1) is 21.4 Å². The molecular formula is C19H18N4O4. The zero-order valence-corrected chi connectivity index (χ0v) is 14.6. The van der Waals surface area contributed by atoms with Gasteiger partial charge in [-0.2, -0.15) is 5.26 Å². The summed E-state index contributed by atoms with van der Waals surface area (Å²) in [6, 6.07) is 15.5. The molecule has 0 bridgehead atoms. The topological polar surface area (TPSA) is 117 Å². The highest BCUT2D eigenvalue weighted by molar-refractivity contribution is 5.97. The van der Waals surface area contributed by atoms with E-state index in [1.54, 1.807) is 0 Å². The Labute approximate surface area is 156 Å². The van der Waals surface area contributed by atoms with Crippen LogP contribution in [0.3, 0.4) is 0 Å². The third-order valence-electron chi connectivity index (χ3n) is 3.68.